The topological polar surface area (TPSA) is 75.7 Å². The third kappa shape index (κ3) is 4.90. The molecule has 2 aromatic rings. The maximum atomic E-state index is 12.6. The number of nitrogens with zero attached hydrogens (tertiary/aromatic N) is 1. The number of ether oxygens (including phenoxy) is 1. The number of hydrogen-bond acceptors (Lipinski definition) is 4. The number of nitrogens with one attached hydrogen (secondary N) is 1. The van der Waals surface area contributed by atoms with Crippen molar-refractivity contribution < 1.29 is 17.9 Å². The molecule has 150 valence electrons. The fraction of sp³-hybridized carbons (Fsp3) is 0.278. The average molecular weight is 464 g/mol. The molecule has 1 amide bonds. The van der Waals surface area contributed by atoms with Crippen LogP contribution in [0.2, 0.25) is 15.1 Å². The molecule has 0 radical (unpaired) electrons. The Morgan fingerprint density at radius 3 is 2.43 bits per heavy atom. The Morgan fingerprint density at radius 1 is 1.04 bits per heavy atom. The number of amides is 1. The summed E-state index contributed by atoms with van der Waals surface area (Å²) < 4.78 is 32.0. The summed E-state index contributed by atoms with van der Waals surface area (Å²) in [7, 11) is -3.57. The summed E-state index contributed by atoms with van der Waals surface area (Å²) in [6, 6.07) is 8.87. The Morgan fingerprint density at radius 2 is 1.75 bits per heavy atom. The van der Waals surface area contributed by atoms with Crippen molar-refractivity contribution in [2.24, 2.45) is 0 Å². The summed E-state index contributed by atoms with van der Waals surface area (Å²) in [6.07, 6.45) is 1.69. The molecule has 1 heterocycles. The first-order chi connectivity index (χ1) is 13.3. The van der Waals surface area contributed by atoms with E-state index < -0.39 is 15.9 Å². The zero-order valence-electron chi connectivity index (χ0n) is 14.6. The maximum absolute atomic E-state index is 12.6. The van der Waals surface area contributed by atoms with Crippen molar-refractivity contribution in [1.82, 2.24) is 4.31 Å². The molecule has 1 N–H and O–H groups in total. The number of carbonyl (C=O) groups is 1. The summed E-state index contributed by atoms with van der Waals surface area (Å²) in [5, 5.41) is 3.46. The number of rotatable bonds is 6. The van der Waals surface area contributed by atoms with Crippen LogP contribution in [-0.2, 0) is 14.8 Å². The van der Waals surface area contributed by atoms with Gasteiger partial charge in [-0.3, -0.25) is 4.79 Å². The van der Waals surface area contributed by atoms with Crippen molar-refractivity contribution in [2.75, 3.05) is 25.0 Å². The fourth-order valence-corrected chi connectivity index (χ4v) is 4.94. The molecule has 6 nitrogen and oxygen atoms in total. The first kappa shape index (κ1) is 21.2. The Balaban J connectivity index is 1.65. The Labute approximate surface area is 178 Å². The van der Waals surface area contributed by atoms with Crippen LogP contribution in [0.25, 0.3) is 0 Å². The molecule has 0 unspecified atom stereocenters. The number of hydrogen-bond donors (Lipinski definition) is 1. The van der Waals surface area contributed by atoms with Gasteiger partial charge >= 0.3 is 0 Å². The van der Waals surface area contributed by atoms with Crippen molar-refractivity contribution in [2.45, 2.75) is 17.7 Å². The van der Waals surface area contributed by atoms with Gasteiger partial charge in [-0.1, -0.05) is 34.8 Å². The summed E-state index contributed by atoms with van der Waals surface area (Å²) in [5.74, 6) is -0.261. The number of halogens is 3. The van der Waals surface area contributed by atoms with Crippen LogP contribution >= 0.6 is 34.8 Å². The van der Waals surface area contributed by atoms with E-state index in [1.54, 1.807) is 12.1 Å². The van der Waals surface area contributed by atoms with Gasteiger partial charge in [-0.25, -0.2) is 8.42 Å². The Bertz CT molecular complexity index is 992. The highest BCUT2D eigenvalue weighted by atomic mass is 35.5. The van der Waals surface area contributed by atoms with Gasteiger partial charge in [0.1, 0.15) is 5.75 Å². The Kier molecular flexibility index (Phi) is 6.73. The summed E-state index contributed by atoms with van der Waals surface area (Å²) in [4.78, 5) is 12.2. The molecule has 1 saturated heterocycles. The van der Waals surface area contributed by atoms with Crippen molar-refractivity contribution in [1.29, 1.82) is 0 Å². The largest absolute Gasteiger partial charge is 0.482 e. The lowest BCUT2D eigenvalue weighted by Crippen LogP contribution is -2.27. The van der Waals surface area contributed by atoms with Crippen LogP contribution in [0.3, 0.4) is 0 Å². The van der Waals surface area contributed by atoms with Gasteiger partial charge in [0.25, 0.3) is 5.91 Å². The standard InChI is InChI=1S/C18H17Cl3N2O4S/c19-12-3-5-14(20)16(9-12)22-18(24)11-27-17-6-4-13(10-15(17)21)28(25,26)23-7-1-2-8-23/h3-6,9-10H,1-2,7-8,11H2,(H,22,24). The van der Waals surface area contributed by atoms with Crippen LogP contribution in [-0.4, -0.2) is 38.3 Å². The van der Waals surface area contributed by atoms with Gasteiger partial charge in [0, 0.05) is 18.1 Å². The van der Waals surface area contributed by atoms with Crippen LogP contribution in [0.4, 0.5) is 5.69 Å². The molecule has 0 saturated carbocycles. The number of anilines is 1. The molecule has 1 fully saturated rings. The summed E-state index contributed by atoms with van der Waals surface area (Å²) in [6.45, 7) is 0.676. The van der Waals surface area contributed by atoms with Crippen LogP contribution in [0.5, 0.6) is 5.75 Å². The second-order valence-electron chi connectivity index (χ2n) is 6.16. The summed E-state index contributed by atoms with van der Waals surface area (Å²) in [5.41, 5.74) is 0.362. The van der Waals surface area contributed by atoms with E-state index in [-0.39, 0.29) is 22.3 Å². The molecular formula is C18H17Cl3N2O4S. The third-order valence-corrected chi connectivity index (χ3v) is 6.92. The zero-order valence-corrected chi connectivity index (χ0v) is 17.7. The highest BCUT2D eigenvalue weighted by Gasteiger charge is 2.27. The predicted molar refractivity (Wildman–Crippen MR) is 110 cm³/mol. The van der Waals surface area contributed by atoms with Crippen LogP contribution in [0.1, 0.15) is 12.8 Å². The van der Waals surface area contributed by atoms with E-state index in [1.807, 2.05) is 0 Å². The number of benzene rings is 2. The molecule has 0 aliphatic carbocycles. The van der Waals surface area contributed by atoms with Crippen LogP contribution in [0.15, 0.2) is 41.3 Å². The zero-order chi connectivity index (χ0) is 20.3. The molecule has 0 aromatic heterocycles. The van der Waals surface area contributed by atoms with E-state index in [0.717, 1.165) is 12.8 Å². The van der Waals surface area contributed by atoms with Crippen molar-refractivity contribution >= 4 is 56.4 Å². The predicted octanol–water partition coefficient (Wildman–Crippen LogP) is 4.45. The number of sulfonamides is 1. The van der Waals surface area contributed by atoms with E-state index in [4.69, 9.17) is 39.5 Å². The smallest absolute Gasteiger partial charge is 0.262 e. The molecule has 0 atom stereocenters. The van der Waals surface area contributed by atoms with Gasteiger partial charge in [-0.05, 0) is 49.2 Å². The minimum absolute atomic E-state index is 0.0990. The van der Waals surface area contributed by atoms with E-state index in [0.29, 0.717) is 28.8 Å². The maximum Gasteiger partial charge on any atom is 0.262 e. The molecule has 28 heavy (non-hydrogen) atoms. The van der Waals surface area contributed by atoms with Crippen molar-refractivity contribution in [3.8, 4) is 5.75 Å². The third-order valence-electron chi connectivity index (χ3n) is 4.17. The minimum Gasteiger partial charge on any atom is -0.482 e. The molecule has 2 aromatic carbocycles. The lowest BCUT2D eigenvalue weighted by Gasteiger charge is -2.16. The van der Waals surface area contributed by atoms with E-state index in [9.17, 15) is 13.2 Å². The lowest BCUT2D eigenvalue weighted by molar-refractivity contribution is -0.118. The van der Waals surface area contributed by atoms with E-state index in [1.165, 1.54) is 28.6 Å². The van der Waals surface area contributed by atoms with Gasteiger partial charge < -0.3 is 10.1 Å². The first-order valence-electron chi connectivity index (χ1n) is 8.45. The highest BCUT2D eigenvalue weighted by molar-refractivity contribution is 7.89. The lowest BCUT2D eigenvalue weighted by atomic mass is 10.3. The van der Waals surface area contributed by atoms with Crippen LogP contribution in [0, 0.1) is 0 Å². The quantitative estimate of drug-likeness (QED) is 0.687. The molecule has 1 aliphatic heterocycles. The van der Waals surface area contributed by atoms with E-state index >= 15 is 0 Å². The Hall–Kier alpha value is -1.51. The average Bonchev–Trinajstić information content (AvgIpc) is 3.19. The molecular weight excluding hydrogens is 447 g/mol. The molecule has 10 heteroatoms. The van der Waals surface area contributed by atoms with Gasteiger partial charge in [-0.15, -0.1) is 0 Å². The SMILES string of the molecule is O=C(COc1ccc(S(=O)(=O)N2CCCC2)cc1Cl)Nc1cc(Cl)ccc1Cl. The number of carbonyl (C=O) groups excluding carboxylic acids is 1. The molecule has 1 aliphatic rings. The van der Waals surface area contributed by atoms with Gasteiger partial charge in [0.15, 0.2) is 6.61 Å². The van der Waals surface area contributed by atoms with Gasteiger partial charge in [0.05, 0.1) is 20.6 Å². The van der Waals surface area contributed by atoms with Gasteiger partial charge in [0.2, 0.25) is 10.0 Å². The molecule has 3 rings (SSSR count). The molecule has 0 bridgehead atoms. The molecule has 0 spiro atoms. The monoisotopic (exact) mass is 462 g/mol. The second-order valence-corrected chi connectivity index (χ2v) is 9.35. The normalized spacial score (nSPS) is 14.8. The van der Waals surface area contributed by atoms with Crippen molar-refractivity contribution in [3.63, 3.8) is 0 Å². The first-order valence-corrected chi connectivity index (χ1v) is 11.0. The van der Waals surface area contributed by atoms with Crippen LogP contribution < -0.4 is 10.1 Å². The highest BCUT2D eigenvalue weighted by Crippen LogP contribution is 2.30. The fourth-order valence-electron chi connectivity index (χ4n) is 2.76. The second kappa shape index (κ2) is 8.88. The van der Waals surface area contributed by atoms with E-state index in [2.05, 4.69) is 5.32 Å². The van der Waals surface area contributed by atoms with Gasteiger partial charge in [-0.2, -0.15) is 4.31 Å². The van der Waals surface area contributed by atoms with Crippen molar-refractivity contribution in [3.05, 3.63) is 51.5 Å². The summed E-state index contributed by atoms with van der Waals surface area (Å²) >= 11 is 18.0. The minimum atomic E-state index is -3.57.